The number of hydrogen-bond acceptors (Lipinski definition) is 4. The van der Waals surface area contributed by atoms with Gasteiger partial charge >= 0.3 is 11.9 Å². The van der Waals surface area contributed by atoms with Crippen LogP contribution in [0.4, 0.5) is 0 Å². The van der Waals surface area contributed by atoms with Crippen LogP contribution in [0.3, 0.4) is 0 Å². The van der Waals surface area contributed by atoms with Crippen LogP contribution in [-0.2, 0) is 19.1 Å². The van der Waals surface area contributed by atoms with Crippen LogP contribution in [0.2, 0.25) is 0 Å². The number of aliphatic carboxylic acids is 1. The molecule has 2 N–H and O–H groups in total. The highest BCUT2D eigenvalue weighted by molar-refractivity contribution is 5.86. The van der Waals surface area contributed by atoms with E-state index in [-0.39, 0.29) is 13.0 Å². The van der Waals surface area contributed by atoms with E-state index in [1.165, 1.54) is 13.0 Å². The van der Waals surface area contributed by atoms with Crippen LogP contribution >= 0.6 is 0 Å². The highest BCUT2D eigenvalue weighted by Gasteiger charge is 2.18. The molecule has 0 aliphatic rings. The maximum atomic E-state index is 11.8. The van der Waals surface area contributed by atoms with Crippen molar-refractivity contribution in [2.75, 3.05) is 6.54 Å². The summed E-state index contributed by atoms with van der Waals surface area (Å²) in [4.78, 5) is 33.3. The van der Waals surface area contributed by atoms with Gasteiger partial charge in [-0.3, -0.25) is 14.4 Å². The molecule has 6 nitrogen and oxygen atoms in total. The number of carboxylic acids is 1. The molecule has 1 atom stereocenters. The lowest BCUT2D eigenvalue weighted by Gasteiger charge is -2.12. The van der Waals surface area contributed by atoms with E-state index >= 15 is 0 Å². The van der Waals surface area contributed by atoms with Crippen molar-refractivity contribution in [2.45, 2.75) is 19.4 Å². The summed E-state index contributed by atoms with van der Waals surface area (Å²) in [6.45, 7) is 1.18. The zero-order chi connectivity index (χ0) is 15.7. The summed E-state index contributed by atoms with van der Waals surface area (Å²) in [6, 6.07) is 9.22. The second-order valence-corrected chi connectivity index (χ2v) is 4.23. The van der Waals surface area contributed by atoms with Gasteiger partial charge in [-0.2, -0.15) is 0 Å². The first kappa shape index (κ1) is 16.4. The number of ether oxygens (including phenoxy) is 1. The molecular formula is C15H17NO5. The smallest absolute Gasteiger partial charge is 0.305 e. The molecule has 0 fully saturated rings. The van der Waals surface area contributed by atoms with E-state index in [4.69, 9.17) is 9.84 Å². The Balaban J connectivity index is 2.66. The van der Waals surface area contributed by atoms with Crippen LogP contribution < -0.4 is 5.32 Å². The van der Waals surface area contributed by atoms with Crippen molar-refractivity contribution < 1.29 is 24.2 Å². The Morgan fingerprint density at radius 2 is 1.95 bits per heavy atom. The molecule has 6 heteroatoms. The Bertz CT molecular complexity index is 524. The fraction of sp³-hybridized carbons (Fsp3) is 0.267. The van der Waals surface area contributed by atoms with E-state index in [2.05, 4.69) is 5.32 Å². The molecule has 0 radical (unpaired) electrons. The molecule has 1 amide bonds. The monoisotopic (exact) mass is 291 g/mol. The van der Waals surface area contributed by atoms with Gasteiger partial charge in [0, 0.05) is 13.5 Å². The van der Waals surface area contributed by atoms with E-state index in [0.717, 1.165) is 5.56 Å². The maximum absolute atomic E-state index is 11.8. The zero-order valence-electron chi connectivity index (χ0n) is 11.6. The Morgan fingerprint density at radius 3 is 2.52 bits per heavy atom. The summed E-state index contributed by atoms with van der Waals surface area (Å²) in [7, 11) is 0. The van der Waals surface area contributed by atoms with Gasteiger partial charge in [-0.15, -0.1) is 0 Å². The number of carbonyl (C=O) groups is 3. The molecule has 0 unspecified atom stereocenters. The predicted octanol–water partition coefficient (Wildman–Crippen LogP) is 1.22. The third-order valence-corrected chi connectivity index (χ3v) is 2.45. The van der Waals surface area contributed by atoms with E-state index in [1.54, 1.807) is 6.08 Å². The summed E-state index contributed by atoms with van der Waals surface area (Å²) in [5.74, 6) is -2.16. The normalized spacial score (nSPS) is 11.9. The standard InChI is InChI=1S/C15H17NO5/c1-11(17)21-13(15(20)16-10-9-14(18)19)8-7-12-5-3-2-4-6-12/h2-8,13H,9-10H2,1H3,(H,16,20)(H,18,19)/b8-7+/t13-/m1/s1. The number of amides is 1. The third-order valence-electron chi connectivity index (χ3n) is 2.45. The molecule has 0 saturated carbocycles. The van der Waals surface area contributed by atoms with Crippen molar-refractivity contribution in [3.63, 3.8) is 0 Å². The number of rotatable bonds is 7. The molecule has 112 valence electrons. The van der Waals surface area contributed by atoms with Gasteiger partial charge < -0.3 is 15.2 Å². The molecule has 1 rings (SSSR count). The van der Waals surface area contributed by atoms with Gasteiger partial charge in [0.25, 0.3) is 5.91 Å². The topological polar surface area (TPSA) is 92.7 Å². The maximum Gasteiger partial charge on any atom is 0.305 e. The number of carbonyl (C=O) groups excluding carboxylic acids is 2. The first-order chi connectivity index (χ1) is 9.99. The van der Waals surface area contributed by atoms with Crippen LogP contribution in [0.5, 0.6) is 0 Å². The van der Waals surface area contributed by atoms with Gasteiger partial charge in [-0.05, 0) is 11.6 Å². The van der Waals surface area contributed by atoms with Crippen molar-refractivity contribution in [3.05, 3.63) is 42.0 Å². The van der Waals surface area contributed by atoms with E-state index < -0.39 is 23.9 Å². The largest absolute Gasteiger partial charge is 0.481 e. The number of esters is 1. The summed E-state index contributed by atoms with van der Waals surface area (Å²) in [5.41, 5.74) is 0.855. The van der Waals surface area contributed by atoms with Crippen LogP contribution in [0.25, 0.3) is 6.08 Å². The van der Waals surface area contributed by atoms with Gasteiger partial charge in [0.2, 0.25) is 0 Å². The zero-order valence-corrected chi connectivity index (χ0v) is 11.6. The van der Waals surface area contributed by atoms with Crippen LogP contribution in [0.1, 0.15) is 18.9 Å². The molecule has 21 heavy (non-hydrogen) atoms. The quantitative estimate of drug-likeness (QED) is 0.737. The lowest BCUT2D eigenvalue weighted by atomic mass is 10.2. The first-order valence-corrected chi connectivity index (χ1v) is 6.39. The van der Waals surface area contributed by atoms with Crippen LogP contribution in [-0.4, -0.2) is 35.6 Å². The molecule has 0 aliphatic carbocycles. The lowest BCUT2D eigenvalue weighted by Crippen LogP contribution is -2.37. The van der Waals surface area contributed by atoms with Crippen molar-refractivity contribution >= 4 is 23.9 Å². The van der Waals surface area contributed by atoms with Crippen molar-refractivity contribution in [2.24, 2.45) is 0 Å². The summed E-state index contributed by atoms with van der Waals surface area (Å²) in [5, 5.41) is 10.9. The number of nitrogens with one attached hydrogen (secondary N) is 1. The number of benzene rings is 1. The number of hydrogen-bond donors (Lipinski definition) is 2. The van der Waals surface area contributed by atoms with Crippen LogP contribution in [0.15, 0.2) is 36.4 Å². The molecule has 0 aromatic heterocycles. The van der Waals surface area contributed by atoms with Gasteiger partial charge in [0.1, 0.15) is 0 Å². The van der Waals surface area contributed by atoms with Gasteiger partial charge in [-0.1, -0.05) is 36.4 Å². The fourth-order valence-electron chi connectivity index (χ4n) is 1.51. The second kappa shape index (κ2) is 8.52. The highest BCUT2D eigenvalue weighted by atomic mass is 16.5. The lowest BCUT2D eigenvalue weighted by molar-refractivity contribution is -0.151. The Morgan fingerprint density at radius 1 is 1.29 bits per heavy atom. The molecule has 0 bridgehead atoms. The van der Waals surface area contributed by atoms with Crippen molar-refractivity contribution in [1.29, 1.82) is 0 Å². The fourth-order valence-corrected chi connectivity index (χ4v) is 1.51. The molecule has 1 aromatic carbocycles. The van der Waals surface area contributed by atoms with Crippen molar-refractivity contribution in [3.8, 4) is 0 Å². The van der Waals surface area contributed by atoms with Crippen molar-refractivity contribution in [1.82, 2.24) is 5.32 Å². The van der Waals surface area contributed by atoms with E-state index in [9.17, 15) is 14.4 Å². The Hall–Kier alpha value is -2.63. The number of carboxylic acid groups (broad SMARTS) is 1. The average molecular weight is 291 g/mol. The average Bonchev–Trinajstić information content (AvgIpc) is 2.43. The Kier molecular flexibility index (Phi) is 6.67. The minimum Gasteiger partial charge on any atom is -0.481 e. The van der Waals surface area contributed by atoms with Crippen LogP contribution in [0, 0.1) is 0 Å². The van der Waals surface area contributed by atoms with Gasteiger partial charge in [0.05, 0.1) is 6.42 Å². The highest BCUT2D eigenvalue weighted by Crippen LogP contribution is 2.04. The minimum atomic E-state index is -1.09. The minimum absolute atomic E-state index is 0.0227. The summed E-state index contributed by atoms with van der Waals surface area (Å²) < 4.78 is 4.91. The summed E-state index contributed by atoms with van der Waals surface area (Å²) >= 11 is 0. The predicted molar refractivity (Wildman–Crippen MR) is 76.3 cm³/mol. The van der Waals surface area contributed by atoms with E-state index in [1.807, 2.05) is 30.3 Å². The molecule has 0 aliphatic heterocycles. The molecule has 0 saturated heterocycles. The molecule has 1 aromatic rings. The summed E-state index contributed by atoms with van der Waals surface area (Å²) in [6.07, 6.45) is 1.83. The SMILES string of the molecule is CC(=O)O[C@H](/C=C/c1ccccc1)C(=O)NCCC(=O)O. The molecular weight excluding hydrogens is 274 g/mol. The van der Waals surface area contributed by atoms with Gasteiger partial charge in [-0.25, -0.2) is 0 Å². The third kappa shape index (κ3) is 6.91. The second-order valence-electron chi connectivity index (χ2n) is 4.23. The van der Waals surface area contributed by atoms with Gasteiger partial charge in [0.15, 0.2) is 6.10 Å². The molecule has 0 spiro atoms. The molecule has 0 heterocycles. The first-order valence-electron chi connectivity index (χ1n) is 6.39. The van der Waals surface area contributed by atoms with E-state index in [0.29, 0.717) is 0 Å². The Labute approximate surface area is 122 Å².